The smallest absolute Gasteiger partial charge is 0.325 e. The van der Waals surface area contributed by atoms with Crippen molar-refractivity contribution in [3.63, 3.8) is 0 Å². The van der Waals surface area contributed by atoms with Crippen LogP contribution >= 0.6 is 0 Å². The van der Waals surface area contributed by atoms with Crippen molar-refractivity contribution < 1.29 is 14.3 Å². The first-order valence-electron chi connectivity index (χ1n) is 6.81. The largest absolute Gasteiger partial charge is 0.465 e. The zero-order valence-electron chi connectivity index (χ0n) is 12.9. The van der Waals surface area contributed by atoms with Crippen LogP contribution in [0.15, 0.2) is 4.79 Å². The number of rotatable bonds is 6. The molecule has 1 aromatic heterocycles. The summed E-state index contributed by atoms with van der Waals surface area (Å²) in [5.74, 6) is -0.117. The van der Waals surface area contributed by atoms with Gasteiger partial charge in [0.25, 0.3) is 5.56 Å². The maximum absolute atomic E-state index is 11.9. The van der Waals surface area contributed by atoms with Gasteiger partial charge in [0.15, 0.2) is 0 Å². The van der Waals surface area contributed by atoms with Crippen LogP contribution in [0.4, 0.5) is 0 Å². The van der Waals surface area contributed by atoms with Crippen LogP contribution < -0.4 is 5.56 Å². The topological polar surface area (TPSA) is 92.4 Å². The number of aromatic amines is 1. The van der Waals surface area contributed by atoms with E-state index in [0.717, 1.165) is 0 Å². The number of carbonyl (C=O) groups excluding carboxylic acids is 2. The van der Waals surface area contributed by atoms with Crippen LogP contribution in [-0.2, 0) is 20.7 Å². The van der Waals surface area contributed by atoms with Crippen LogP contribution in [0.25, 0.3) is 0 Å². The molecule has 1 amide bonds. The van der Waals surface area contributed by atoms with Crippen LogP contribution in [0.5, 0.6) is 0 Å². The molecule has 1 heterocycles. The van der Waals surface area contributed by atoms with Crippen LogP contribution in [0.1, 0.15) is 30.4 Å². The minimum Gasteiger partial charge on any atom is -0.465 e. The van der Waals surface area contributed by atoms with Gasteiger partial charge in [0, 0.05) is 24.7 Å². The van der Waals surface area contributed by atoms with Crippen molar-refractivity contribution in [1.29, 1.82) is 0 Å². The predicted octanol–water partition coefficient (Wildman–Crippen LogP) is 0.341. The molecule has 0 spiro atoms. The minimum atomic E-state index is -0.445. The molecule has 21 heavy (non-hydrogen) atoms. The monoisotopic (exact) mass is 295 g/mol. The first kappa shape index (κ1) is 16.9. The van der Waals surface area contributed by atoms with Gasteiger partial charge in [-0.1, -0.05) is 0 Å². The molecule has 7 heteroatoms. The summed E-state index contributed by atoms with van der Waals surface area (Å²) in [7, 11) is 1.53. The Morgan fingerprint density at radius 2 is 2.00 bits per heavy atom. The second-order valence-corrected chi connectivity index (χ2v) is 4.77. The van der Waals surface area contributed by atoms with E-state index in [1.165, 1.54) is 11.9 Å². The van der Waals surface area contributed by atoms with Crippen molar-refractivity contribution in [2.24, 2.45) is 0 Å². The van der Waals surface area contributed by atoms with E-state index in [0.29, 0.717) is 23.5 Å². The van der Waals surface area contributed by atoms with Gasteiger partial charge in [0.1, 0.15) is 12.4 Å². The molecule has 7 nitrogen and oxygen atoms in total. The van der Waals surface area contributed by atoms with E-state index in [-0.39, 0.29) is 31.0 Å². The van der Waals surface area contributed by atoms with Crippen molar-refractivity contribution in [2.75, 3.05) is 20.2 Å². The zero-order chi connectivity index (χ0) is 16.0. The van der Waals surface area contributed by atoms with Gasteiger partial charge in [-0.25, -0.2) is 4.98 Å². The highest BCUT2D eigenvalue weighted by atomic mass is 16.5. The highest BCUT2D eigenvalue weighted by molar-refractivity contribution is 5.81. The summed E-state index contributed by atoms with van der Waals surface area (Å²) in [6.45, 7) is 5.35. The Morgan fingerprint density at radius 1 is 1.33 bits per heavy atom. The molecule has 0 radical (unpaired) electrons. The quantitative estimate of drug-likeness (QED) is 0.764. The number of ether oxygens (including phenoxy) is 1. The number of aromatic nitrogens is 2. The van der Waals surface area contributed by atoms with Gasteiger partial charge in [0.05, 0.1) is 6.61 Å². The fourth-order valence-corrected chi connectivity index (χ4v) is 1.96. The Balaban J connectivity index is 2.61. The molecule has 0 saturated carbocycles. The summed E-state index contributed by atoms with van der Waals surface area (Å²) in [4.78, 5) is 43.1. The van der Waals surface area contributed by atoms with E-state index in [1.807, 2.05) is 0 Å². The molecule has 0 atom stereocenters. The SMILES string of the molecule is CCOC(=O)CN(C)C(=O)CCc1c(C)nc(C)[nH]c1=O. The Kier molecular flexibility index (Phi) is 6.08. The van der Waals surface area contributed by atoms with Gasteiger partial charge in [-0.05, 0) is 27.2 Å². The summed E-state index contributed by atoms with van der Waals surface area (Å²) in [6, 6.07) is 0. The summed E-state index contributed by atoms with van der Waals surface area (Å²) < 4.78 is 4.78. The van der Waals surface area contributed by atoms with E-state index >= 15 is 0 Å². The van der Waals surface area contributed by atoms with Crippen molar-refractivity contribution in [3.8, 4) is 0 Å². The molecule has 1 rings (SSSR count). The van der Waals surface area contributed by atoms with Gasteiger partial charge >= 0.3 is 5.97 Å². The number of carbonyl (C=O) groups is 2. The fourth-order valence-electron chi connectivity index (χ4n) is 1.96. The molecular weight excluding hydrogens is 274 g/mol. The number of hydrogen-bond acceptors (Lipinski definition) is 5. The number of H-pyrrole nitrogens is 1. The molecule has 0 unspecified atom stereocenters. The normalized spacial score (nSPS) is 10.3. The van der Waals surface area contributed by atoms with E-state index < -0.39 is 5.97 Å². The number of nitrogens with zero attached hydrogens (tertiary/aromatic N) is 2. The molecule has 0 aliphatic rings. The lowest BCUT2D eigenvalue weighted by atomic mass is 10.1. The van der Waals surface area contributed by atoms with Crippen LogP contribution in [0.3, 0.4) is 0 Å². The van der Waals surface area contributed by atoms with Crippen LogP contribution in [0, 0.1) is 13.8 Å². The minimum absolute atomic E-state index is 0.0891. The maximum atomic E-state index is 11.9. The molecule has 0 aromatic carbocycles. The first-order valence-corrected chi connectivity index (χ1v) is 6.81. The number of amides is 1. The lowest BCUT2D eigenvalue weighted by Gasteiger charge is -2.16. The number of nitrogens with one attached hydrogen (secondary N) is 1. The molecule has 0 saturated heterocycles. The highest BCUT2D eigenvalue weighted by Crippen LogP contribution is 2.04. The van der Waals surface area contributed by atoms with Gasteiger partial charge in [-0.3, -0.25) is 14.4 Å². The Hall–Kier alpha value is -2.18. The number of aryl methyl sites for hydroxylation is 2. The van der Waals surface area contributed by atoms with Crippen LogP contribution in [-0.4, -0.2) is 46.9 Å². The van der Waals surface area contributed by atoms with E-state index in [1.54, 1.807) is 20.8 Å². The molecule has 0 aliphatic carbocycles. The van der Waals surface area contributed by atoms with Gasteiger partial charge in [-0.15, -0.1) is 0 Å². The predicted molar refractivity (Wildman–Crippen MR) is 76.9 cm³/mol. The highest BCUT2D eigenvalue weighted by Gasteiger charge is 2.15. The second-order valence-electron chi connectivity index (χ2n) is 4.77. The van der Waals surface area contributed by atoms with Crippen molar-refractivity contribution in [1.82, 2.24) is 14.9 Å². The number of esters is 1. The maximum Gasteiger partial charge on any atom is 0.325 e. The summed E-state index contributed by atoms with van der Waals surface area (Å²) in [5.41, 5.74) is 0.899. The third-order valence-electron chi connectivity index (χ3n) is 3.03. The Morgan fingerprint density at radius 3 is 2.57 bits per heavy atom. The van der Waals surface area contributed by atoms with Gasteiger partial charge < -0.3 is 14.6 Å². The third kappa shape index (κ3) is 5.02. The Labute approximate surface area is 123 Å². The van der Waals surface area contributed by atoms with Gasteiger partial charge in [-0.2, -0.15) is 0 Å². The molecule has 0 bridgehead atoms. The lowest BCUT2D eigenvalue weighted by molar-refractivity contribution is -0.148. The zero-order valence-corrected chi connectivity index (χ0v) is 12.9. The van der Waals surface area contributed by atoms with Crippen molar-refractivity contribution >= 4 is 11.9 Å². The van der Waals surface area contributed by atoms with Crippen molar-refractivity contribution in [2.45, 2.75) is 33.6 Å². The molecule has 1 N–H and O–H groups in total. The van der Waals surface area contributed by atoms with Gasteiger partial charge in [0.2, 0.25) is 5.91 Å². The Bertz CT molecular complexity index is 580. The number of likely N-dealkylation sites (N-methyl/N-ethyl adjacent to an activating group) is 1. The van der Waals surface area contributed by atoms with Crippen molar-refractivity contribution in [3.05, 3.63) is 27.4 Å². The third-order valence-corrected chi connectivity index (χ3v) is 3.03. The molecule has 0 fully saturated rings. The average Bonchev–Trinajstić information content (AvgIpc) is 2.37. The molecular formula is C14H21N3O4. The standard InChI is InChI=1S/C14H21N3O4/c1-5-21-13(19)8-17(4)12(18)7-6-11-9(2)15-10(3)16-14(11)20/h5-8H2,1-4H3,(H,15,16,20). The molecule has 0 aliphatic heterocycles. The summed E-state index contributed by atoms with van der Waals surface area (Å²) in [5, 5.41) is 0. The average molecular weight is 295 g/mol. The molecule has 116 valence electrons. The lowest BCUT2D eigenvalue weighted by Crippen LogP contribution is -2.33. The van der Waals surface area contributed by atoms with Crippen LogP contribution in [0.2, 0.25) is 0 Å². The van der Waals surface area contributed by atoms with E-state index in [9.17, 15) is 14.4 Å². The second kappa shape index (κ2) is 7.56. The summed E-state index contributed by atoms with van der Waals surface area (Å²) >= 11 is 0. The summed E-state index contributed by atoms with van der Waals surface area (Å²) in [6.07, 6.45) is 0.436. The van der Waals surface area contributed by atoms with E-state index in [2.05, 4.69) is 9.97 Å². The first-order chi connectivity index (χ1) is 9.85. The number of hydrogen-bond donors (Lipinski definition) is 1. The molecule has 1 aromatic rings. The fraction of sp³-hybridized carbons (Fsp3) is 0.571. The van der Waals surface area contributed by atoms with E-state index in [4.69, 9.17) is 4.74 Å².